The van der Waals surface area contributed by atoms with E-state index in [0.717, 1.165) is 0 Å². The molecule has 1 aliphatic rings. The second-order valence-corrected chi connectivity index (χ2v) is 7.29. The number of aryl methyl sites for hydroxylation is 1. The average Bonchev–Trinajstić information content (AvgIpc) is 2.64. The van der Waals surface area contributed by atoms with Crippen LogP contribution in [0.1, 0.15) is 5.82 Å². The van der Waals surface area contributed by atoms with Crippen LogP contribution in [0.5, 0.6) is 0 Å². The number of hydrogen-bond donors (Lipinski definition) is 1. The number of rotatable bonds is 2. The molecule has 3 heterocycles. The number of anilines is 1. The third kappa shape index (κ3) is 3.34. The Balaban J connectivity index is 1.91. The van der Waals surface area contributed by atoms with Crippen LogP contribution in [0.4, 0.5) is 5.95 Å². The number of ether oxygens (including phenoxy) is 1. The molecule has 0 atom stereocenters. The summed E-state index contributed by atoms with van der Waals surface area (Å²) in [6.45, 7) is 4.29. The van der Waals surface area contributed by atoms with E-state index in [1.165, 1.54) is 0 Å². The zero-order chi connectivity index (χ0) is 19.1. The maximum absolute atomic E-state index is 12.8. The molecule has 4 rings (SSSR count). The number of morpholine rings is 1. The van der Waals surface area contributed by atoms with Gasteiger partial charge in [0.05, 0.1) is 23.3 Å². The Bertz CT molecular complexity index is 1150. The number of benzene rings is 1. The third-order valence-corrected chi connectivity index (χ3v) is 5.49. The van der Waals surface area contributed by atoms with E-state index >= 15 is 0 Å². The molecule has 0 spiro atoms. The molecule has 0 amide bonds. The number of hydrogen-bond acceptors (Lipinski definition) is 6. The van der Waals surface area contributed by atoms with Crippen LogP contribution < -0.4 is 10.5 Å². The molecular weight excluding hydrogens is 409 g/mol. The normalized spacial score (nSPS) is 14.7. The Morgan fingerprint density at radius 1 is 1.19 bits per heavy atom. The maximum Gasteiger partial charge on any atom is 0.264 e. The quantitative estimate of drug-likeness (QED) is 0.637. The number of aromatic nitrogens is 4. The minimum Gasteiger partial charge on any atom is -0.378 e. The lowest BCUT2D eigenvalue weighted by Crippen LogP contribution is -2.38. The minimum atomic E-state index is -0.326. The van der Waals surface area contributed by atoms with E-state index in [4.69, 9.17) is 40.2 Å². The number of halogens is 2. The monoisotopic (exact) mass is 423 g/mol. The first-order valence-corrected chi connectivity index (χ1v) is 9.44. The second-order valence-electron chi connectivity index (χ2n) is 6.09. The van der Waals surface area contributed by atoms with Crippen LogP contribution in [0.15, 0.2) is 23.0 Å². The SMILES string of the molecule is Cc1nc2nc(N3CCOCC3)[nH]c(=O)c2c(=S)n1-c1ccc(Cl)c(Cl)c1. The molecule has 0 aliphatic carbocycles. The number of aromatic amines is 1. The molecule has 0 saturated carbocycles. The van der Waals surface area contributed by atoms with Gasteiger partial charge in [0, 0.05) is 18.8 Å². The predicted octanol–water partition coefficient (Wildman–Crippen LogP) is 3.29. The fourth-order valence-electron chi connectivity index (χ4n) is 3.04. The van der Waals surface area contributed by atoms with Crippen LogP contribution in [0, 0.1) is 11.6 Å². The van der Waals surface area contributed by atoms with Gasteiger partial charge in [-0.25, -0.2) is 4.98 Å². The van der Waals surface area contributed by atoms with E-state index in [1.54, 1.807) is 29.7 Å². The Morgan fingerprint density at radius 2 is 1.93 bits per heavy atom. The lowest BCUT2D eigenvalue weighted by Gasteiger charge is -2.27. The Kier molecular flexibility index (Phi) is 4.90. The van der Waals surface area contributed by atoms with Crippen LogP contribution in [0.3, 0.4) is 0 Å². The molecule has 1 aromatic carbocycles. The van der Waals surface area contributed by atoms with Gasteiger partial charge in [0.15, 0.2) is 5.65 Å². The van der Waals surface area contributed by atoms with Crippen molar-refractivity contribution >= 4 is 52.4 Å². The lowest BCUT2D eigenvalue weighted by atomic mass is 10.3. The van der Waals surface area contributed by atoms with Crippen LogP contribution in [0.25, 0.3) is 16.7 Å². The zero-order valence-corrected chi connectivity index (χ0v) is 16.7. The molecule has 1 N–H and O–H groups in total. The average molecular weight is 424 g/mol. The molecule has 3 aromatic rings. The lowest BCUT2D eigenvalue weighted by molar-refractivity contribution is 0.122. The van der Waals surface area contributed by atoms with Crippen LogP contribution in [-0.2, 0) is 4.74 Å². The van der Waals surface area contributed by atoms with E-state index in [9.17, 15) is 4.79 Å². The third-order valence-electron chi connectivity index (χ3n) is 4.37. The number of nitrogens with zero attached hydrogens (tertiary/aromatic N) is 4. The topological polar surface area (TPSA) is 76.0 Å². The molecular formula is C17H15Cl2N5O2S. The Hall–Kier alpha value is -2.00. The van der Waals surface area contributed by atoms with Gasteiger partial charge in [0.1, 0.15) is 15.9 Å². The smallest absolute Gasteiger partial charge is 0.264 e. The van der Waals surface area contributed by atoms with Crippen molar-refractivity contribution in [1.82, 2.24) is 19.5 Å². The van der Waals surface area contributed by atoms with Gasteiger partial charge in [-0.3, -0.25) is 14.3 Å². The van der Waals surface area contributed by atoms with E-state index in [0.29, 0.717) is 64.1 Å². The van der Waals surface area contributed by atoms with Crippen LogP contribution >= 0.6 is 35.4 Å². The number of fused-ring (bicyclic) bond motifs is 1. The van der Waals surface area contributed by atoms with Crippen LogP contribution in [0.2, 0.25) is 10.0 Å². The molecule has 7 nitrogen and oxygen atoms in total. The summed E-state index contributed by atoms with van der Waals surface area (Å²) in [6.07, 6.45) is 0. The molecule has 140 valence electrons. The molecule has 0 unspecified atom stereocenters. The Morgan fingerprint density at radius 3 is 2.63 bits per heavy atom. The standard InChI is InChI=1S/C17H15Cl2N5O2S/c1-9-20-14-13(15(25)22-17(21-14)23-4-6-26-7-5-23)16(27)24(9)10-2-3-11(18)12(19)8-10/h2-3,8H,4-7H2,1H3,(H,21,22,25). The summed E-state index contributed by atoms with van der Waals surface area (Å²) in [5.41, 5.74) is 0.671. The fraction of sp³-hybridized carbons (Fsp3) is 0.294. The van der Waals surface area contributed by atoms with Crippen molar-refractivity contribution in [3.63, 3.8) is 0 Å². The van der Waals surface area contributed by atoms with E-state index in [2.05, 4.69) is 15.0 Å². The van der Waals surface area contributed by atoms with Crippen molar-refractivity contribution in [1.29, 1.82) is 0 Å². The zero-order valence-electron chi connectivity index (χ0n) is 14.3. The maximum atomic E-state index is 12.8. The van der Waals surface area contributed by atoms with Gasteiger partial charge in [-0.1, -0.05) is 35.4 Å². The molecule has 10 heteroatoms. The van der Waals surface area contributed by atoms with E-state index in [-0.39, 0.29) is 10.9 Å². The van der Waals surface area contributed by atoms with Crippen molar-refractivity contribution in [2.24, 2.45) is 0 Å². The van der Waals surface area contributed by atoms with Crippen molar-refractivity contribution in [2.75, 3.05) is 31.2 Å². The molecule has 0 bridgehead atoms. The summed E-state index contributed by atoms with van der Waals surface area (Å²) >= 11 is 17.7. The van der Waals surface area contributed by atoms with E-state index in [1.807, 2.05) is 4.90 Å². The first-order valence-electron chi connectivity index (χ1n) is 8.27. The Labute approximate surface area is 169 Å². The van der Waals surface area contributed by atoms with Crippen molar-refractivity contribution in [3.8, 4) is 5.69 Å². The first kappa shape index (κ1) is 18.4. The molecule has 1 fully saturated rings. The van der Waals surface area contributed by atoms with Crippen LogP contribution in [-0.4, -0.2) is 45.8 Å². The van der Waals surface area contributed by atoms with Crippen molar-refractivity contribution in [3.05, 3.63) is 49.1 Å². The van der Waals surface area contributed by atoms with Gasteiger partial charge in [0.2, 0.25) is 5.95 Å². The molecule has 1 aliphatic heterocycles. The predicted molar refractivity (Wildman–Crippen MR) is 108 cm³/mol. The van der Waals surface area contributed by atoms with Gasteiger partial charge in [0.25, 0.3) is 5.56 Å². The summed E-state index contributed by atoms with van der Waals surface area (Å²) in [7, 11) is 0. The highest BCUT2D eigenvalue weighted by atomic mass is 35.5. The summed E-state index contributed by atoms with van der Waals surface area (Å²) < 4.78 is 7.35. The van der Waals surface area contributed by atoms with E-state index < -0.39 is 0 Å². The van der Waals surface area contributed by atoms with Gasteiger partial charge in [-0.2, -0.15) is 4.98 Å². The number of H-pyrrole nitrogens is 1. The summed E-state index contributed by atoms with van der Waals surface area (Å²) in [6, 6.07) is 5.13. The van der Waals surface area contributed by atoms with Crippen molar-refractivity contribution in [2.45, 2.75) is 6.92 Å². The van der Waals surface area contributed by atoms with Gasteiger partial charge in [-0.15, -0.1) is 0 Å². The summed E-state index contributed by atoms with van der Waals surface area (Å²) in [4.78, 5) is 26.6. The highest BCUT2D eigenvalue weighted by molar-refractivity contribution is 7.71. The molecule has 2 aromatic heterocycles. The van der Waals surface area contributed by atoms with Gasteiger partial charge in [-0.05, 0) is 25.1 Å². The van der Waals surface area contributed by atoms with Gasteiger partial charge < -0.3 is 9.64 Å². The van der Waals surface area contributed by atoms with Gasteiger partial charge >= 0.3 is 0 Å². The van der Waals surface area contributed by atoms with Crippen molar-refractivity contribution < 1.29 is 4.74 Å². The highest BCUT2D eigenvalue weighted by Gasteiger charge is 2.18. The summed E-state index contributed by atoms with van der Waals surface area (Å²) in [5, 5.41) is 1.09. The number of nitrogens with one attached hydrogen (secondary N) is 1. The minimum absolute atomic E-state index is 0.263. The largest absolute Gasteiger partial charge is 0.378 e. The molecule has 1 saturated heterocycles. The fourth-order valence-corrected chi connectivity index (χ4v) is 3.75. The molecule has 0 radical (unpaired) electrons. The molecule has 27 heavy (non-hydrogen) atoms. The summed E-state index contributed by atoms with van der Waals surface area (Å²) in [5.74, 6) is 1.07. The highest BCUT2D eigenvalue weighted by Crippen LogP contribution is 2.26. The first-order chi connectivity index (χ1) is 13.0. The second kappa shape index (κ2) is 7.20.